The molecule has 0 radical (unpaired) electrons. The van der Waals surface area contributed by atoms with E-state index in [1.165, 1.54) is 55.8 Å². The van der Waals surface area contributed by atoms with E-state index < -0.39 is 26.0 Å². The number of hydrogen-bond acceptors (Lipinski definition) is 6. The van der Waals surface area contributed by atoms with Gasteiger partial charge in [0.2, 0.25) is 26.0 Å². The summed E-state index contributed by atoms with van der Waals surface area (Å²) in [5, 5.41) is 2.92. The number of rotatable bonds is 10. The first-order valence-corrected chi connectivity index (χ1v) is 14.9. The Morgan fingerprint density at radius 1 is 0.972 bits per heavy atom. The van der Waals surface area contributed by atoms with E-state index in [2.05, 4.69) is 5.32 Å². The summed E-state index contributed by atoms with van der Waals surface area (Å²) >= 11 is 6.18. The average Bonchev–Trinajstić information content (AvgIpc) is 2.86. The van der Waals surface area contributed by atoms with E-state index in [9.17, 15) is 21.6 Å². The Balaban J connectivity index is 1.75. The fourth-order valence-corrected chi connectivity index (χ4v) is 7.00. The molecule has 1 saturated carbocycles. The van der Waals surface area contributed by atoms with E-state index in [-0.39, 0.29) is 33.9 Å². The van der Waals surface area contributed by atoms with Crippen molar-refractivity contribution < 1.29 is 26.4 Å². The molecule has 3 rings (SSSR count). The topological polar surface area (TPSA) is 113 Å². The van der Waals surface area contributed by atoms with Crippen LogP contribution in [0.1, 0.15) is 37.7 Å². The number of halogens is 1. The van der Waals surface area contributed by atoms with Crippen LogP contribution in [0.15, 0.2) is 52.3 Å². The molecule has 0 bridgehead atoms. The van der Waals surface area contributed by atoms with Crippen molar-refractivity contribution in [3.63, 3.8) is 0 Å². The molecule has 36 heavy (non-hydrogen) atoms. The van der Waals surface area contributed by atoms with Gasteiger partial charge in [-0.2, -0.15) is 4.31 Å². The van der Waals surface area contributed by atoms with Crippen LogP contribution in [0.2, 0.25) is 5.02 Å². The fraction of sp³-hybridized carbons (Fsp3) is 0.458. The summed E-state index contributed by atoms with van der Waals surface area (Å²) in [7, 11) is -3.19. The molecule has 0 unspecified atom stereocenters. The van der Waals surface area contributed by atoms with Gasteiger partial charge in [-0.15, -0.1) is 0 Å². The Morgan fingerprint density at radius 3 is 2.14 bits per heavy atom. The van der Waals surface area contributed by atoms with E-state index in [1.807, 2.05) is 0 Å². The number of carbonyl (C=O) groups excluding carboxylic acids is 1. The second-order valence-corrected chi connectivity index (χ2v) is 13.3. The van der Waals surface area contributed by atoms with Gasteiger partial charge in [0.1, 0.15) is 5.75 Å². The molecule has 0 spiro atoms. The van der Waals surface area contributed by atoms with Gasteiger partial charge in [0, 0.05) is 26.7 Å². The predicted octanol–water partition coefficient (Wildman–Crippen LogP) is 3.24. The molecular weight excluding hydrogens is 526 g/mol. The molecule has 1 N–H and O–H groups in total. The van der Waals surface area contributed by atoms with Crippen LogP contribution < -0.4 is 10.1 Å². The SMILES string of the molecule is COc1ccc(S(=O)(=O)N(CC(=O)NCc2ccc(S(=O)(=O)N(C)C)cc2)C2CCCCC2)cc1Cl. The minimum Gasteiger partial charge on any atom is -0.495 e. The van der Waals surface area contributed by atoms with E-state index >= 15 is 0 Å². The molecule has 1 aliphatic carbocycles. The smallest absolute Gasteiger partial charge is 0.243 e. The van der Waals surface area contributed by atoms with Gasteiger partial charge < -0.3 is 10.1 Å². The van der Waals surface area contributed by atoms with Crippen LogP contribution in [0.3, 0.4) is 0 Å². The Morgan fingerprint density at radius 2 is 1.58 bits per heavy atom. The molecule has 0 saturated heterocycles. The van der Waals surface area contributed by atoms with E-state index in [4.69, 9.17) is 16.3 Å². The minimum atomic E-state index is -4.00. The highest BCUT2D eigenvalue weighted by Crippen LogP contribution is 2.31. The first-order valence-electron chi connectivity index (χ1n) is 11.6. The Labute approximate surface area is 218 Å². The monoisotopic (exact) mass is 557 g/mol. The van der Waals surface area contributed by atoms with Gasteiger partial charge in [0.15, 0.2) is 0 Å². The van der Waals surface area contributed by atoms with Crippen molar-refractivity contribution in [1.82, 2.24) is 13.9 Å². The highest BCUT2D eigenvalue weighted by Gasteiger charge is 2.34. The largest absolute Gasteiger partial charge is 0.495 e. The molecule has 1 aliphatic rings. The first kappa shape index (κ1) is 28.4. The van der Waals surface area contributed by atoms with Crippen molar-refractivity contribution in [2.75, 3.05) is 27.7 Å². The van der Waals surface area contributed by atoms with Crippen molar-refractivity contribution in [3.8, 4) is 5.75 Å². The van der Waals surface area contributed by atoms with Gasteiger partial charge in [0.05, 0.1) is 28.5 Å². The minimum absolute atomic E-state index is 0.00404. The summed E-state index contributed by atoms with van der Waals surface area (Å²) < 4.78 is 59.1. The van der Waals surface area contributed by atoms with E-state index in [1.54, 1.807) is 12.1 Å². The Bertz CT molecular complexity index is 1280. The molecule has 12 heteroatoms. The lowest BCUT2D eigenvalue weighted by atomic mass is 9.95. The second-order valence-electron chi connectivity index (χ2n) is 8.85. The number of sulfonamides is 2. The maximum absolute atomic E-state index is 13.6. The molecule has 0 heterocycles. The van der Waals surface area contributed by atoms with Crippen LogP contribution in [0.4, 0.5) is 0 Å². The third-order valence-electron chi connectivity index (χ3n) is 6.20. The van der Waals surface area contributed by atoms with E-state index in [0.29, 0.717) is 24.2 Å². The Hall–Kier alpha value is -2.18. The molecule has 1 fully saturated rings. The molecule has 0 atom stereocenters. The summed E-state index contributed by atoms with van der Waals surface area (Å²) in [5.41, 5.74) is 0.690. The van der Waals surface area contributed by atoms with Gasteiger partial charge in [-0.3, -0.25) is 4.79 Å². The van der Waals surface area contributed by atoms with E-state index in [0.717, 1.165) is 23.6 Å². The highest BCUT2D eigenvalue weighted by molar-refractivity contribution is 7.89. The second kappa shape index (κ2) is 11.9. The molecule has 2 aromatic rings. The standard InChI is InChI=1S/C24H32ClN3O6S2/c1-27(2)35(30,31)20-11-9-18(10-12-20)16-26-24(29)17-28(19-7-5-4-6-8-19)36(32,33)21-13-14-23(34-3)22(25)15-21/h9-15,19H,4-8,16-17H2,1-3H3,(H,26,29). The van der Waals surface area contributed by atoms with Gasteiger partial charge in [0.25, 0.3) is 0 Å². The third kappa shape index (κ3) is 6.57. The van der Waals surface area contributed by atoms with Gasteiger partial charge in [-0.05, 0) is 48.7 Å². The van der Waals surface area contributed by atoms with Crippen molar-refractivity contribution in [3.05, 3.63) is 53.1 Å². The lowest BCUT2D eigenvalue weighted by Gasteiger charge is -2.33. The number of ether oxygens (including phenoxy) is 1. The molecule has 1 amide bonds. The highest BCUT2D eigenvalue weighted by atomic mass is 35.5. The summed E-state index contributed by atoms with van der Waals surface area (Å²) in [6.07, 6.45) is 4.18. The van der Waals surface area contributed by atoms with Gasteiger partial charge >= 0.3 is 0 Å². The van der Waals surface area contributed by atoms with Crippen molar-refractivity contribution in [2.45, 2.75) is 54.5 Å². The zero-order valence-corrected chi connectivity index (χ0v) is 23.0. The van der Waals surface area contributed by atoms with Crippen LogP contribution in [0.5, 0.6) is 5.75 Å². The predicted molar refractivity (Wildman–Crippen MR) is 138 cm³/mol. The summed E-state index contributed by atoms with van der Waals surface area (Å²) in [4.78, 5) is 13.0. The lowest BCUT2D eigenvalue weighted by Crippen LogP contribution is -2.46. The zero-order chi connectivity index (χ0) is 26.5. The zero-order valence-electron chi connectivity index (χ0n) is 20.6. The fourth-order valence-electron chi connectivity index (χ4n) is 4.11. The summed E-state index contributed by atoms with van der Waals surface area (Å²) in [6, 6.07) is 10.2. The molecule has 198 valence electrons. The Kier molecular flexibility index (Phi) is 9.39. The van der Waals surface area contributed by atoms with Crippen molar-refractivity contribution in [1.29, 1.82) is 0 Å². The number of carbonyl (C=O) groups is 1. The van der Waals surface area contributed by atoms with Crippen LogP contribution in [0.25, 0.3) is 0 Å². The third-order valence-corrected chi connectivity index (χ3v) is 10.2. The van der Waals surface area contributed by atoms with Crippen molar-refractivity contribution >= 4 is 37.6 Å². The first-order chi connectivity index (χ1) is 17.0. The van der Waals surface area contributed by atoms with Crippen LogP contribution in [-0.2, 0) is 31.4 Å². The maximum Gasteiger partial charge on any atom is 0.243 e. The summed E-state index contributed by atoms with van der Waals surface area (Å²) in [6.45, 7) is -0.197. The van der Waals surface area contributed by atoms with Crippen LogP contribution in [0, 0.1) is 0 Å². The molecular formula is C24H32ClN3O6S2. The molecule has 2 aromatic carbocycles. The summed E-state index contributed by atoms with van der Waals surface area (Å²) in [5.74, 6) is -0.0873. The van der Waals surface area contributed by atoms with Crippen LogP contribution in [-0.4, -0.2) is 65.1 Å². The number of hydrogen-bond donors (Lipinski definition) is 1. The molecule has 0 aliphatic heterocycles. The number of methoxy groups -OCH3 is 1. The number of nitrogens with zero attached hydrogens (tertiary/aromatic N) is 2. The molecule has 0 aromatic heterocycles. The lowest BCUT2D eigenvalue weighted by molar-refractivity contribution is -0.121. The number of amides is 1. The normalized spacial score (nSPS) is 15.3. The molecule has 9 nitrogen and oxygen atoms in total. The quantitative estimate of drug-likeness (QED) is 0.480. The number of benzene rings is 2. The maximum atomic E-state index is 13.6. The van der Waals surface area contributed by atoms with Gasteiger partial charge in [-0.25, -0.2) is 21.1 Å². The van der Waals surface area contributed by atoms with Crippen LogP contribution >= 0.6 is 11.6 Å². The number of nitrogens with one attached hydrogen (secondary N) is 1. The van der Waals surface area contributed by atoms with Gasteiger partial charge in [-0.1, -0.05) is 43.0 Å². The average molecular weight is 558 g/mol. The van der Waals surface area contributed by atoms with Crippen molar-refractivity contribution in [2.24, 2.45) is 0 Å².